The average molecular weight is 314 g/mol. The van der Waals surface area contributed by atoms with Crippen molar-refractivity contribution in [1.82, 2.24) is 0 Å². The SMILES string of the molecule is Cc1ccc(N2C(=O)CS[C@@H]2c2ccc([N+](=O)[O-])cc2)cc1. The molecule has 0 radical (unpaired) electrons. The fourth-order valence-corrected chi connectivity index (χ4v) is 3.59. The van der Waals surface area contributed by atoms with Crippen LogP contribution in [0.5, 0.6) is 0 Å². The molecule has 1 heterocycles. The summed E-state index contributed by atoms with van der Waals surface area (Å²) in [5.74, 6) is 0.465. The van der Waals surface area contributed by atoms with Crippen LogP contribution in [-0.2, 0) is 4.79 Å². The topological polar surface area (TPSA) is 63.5 Å². The average Bonchev–Trinajstić information content (AvgIpc) is 2.90. The van der Waals surface area contributed by atoms with Gasteiger partial charge in [0.15, 0.2) is 0 Å². The molecule has 1 fully saturated rings. The van der Waals surface area contributed by atoms with Crippen LogP contribution in [0, 0.1) is 17.0 Å². The lowest BCUT2D eigenvalue weighted by atomic mass is 10.1. The van der Waals surface area contributed by atoms with Crippen LogP contribution < -0.4 is 4.90 Å². The van der Waals surface area contributed by atoms with Crippen molar-refractivity contribution >= 4 is 29.0 Å². The number of hydrogen-bond acceptors (Lipinski definition) is 4. The van der Waals surface area contributed by atoms with Gasteiger partial charge < -0.3 is 0 Å². The number of thioether (sulfide) groups is 1. The molecule has 1 aliphatic heterocycles. The van der Waals surface area contributed by atoms with Crippen LogP contribution in [0.4, 0.5) is 11.4 Å². The molecule has 112 valence electrons. The lowest BCUT2D eigenvalue weighted by Gasteiger charge is -2.24. The summed E-state index contributed by atoms with van der Waals surface area (Å²) in [7, 11) is 0. The largest absolute Gasteiger partial charge is 0.295 e. The molecule has 0 aromatic heterocycles. The number of carbonyl (C=O) groups excluding carboxylic acids is 1. The van der Waals surface area contributed by atoms with E-state index in [0.717, 1.165) is 16.8 Å². The molecule has 0 aliphatic carbocycles. The minimum absolute atomic E-state index is 0.0530. The van der Waals surface area contributed by atoms with Crippen LogP contribution >= 0.6 is 11.8 Å². The fraction of sp³-hybridized carbons (Fsp3) is 0.188. The number of non-ortho nitro benzene ring substituents is 1. The van der Waals surface area contributed by atoms with E-state index in [9.17, 15) is 14.9 Å². The predicted molar refractivity (Wildman–Crippen MR) is 87.0 cm³/mol. The standard InChI is InChI=1S/C16H14N2O3S/c1-11-2-6-13(7-3-11)17-15(19)10-22-16(17)12-4-8-14(9-5-12)18(20)21/h2-9,16H,10H2,1H3/t16-/m1/s1. The van der Waals surface area contributed by atoms with Gasteiger partial charge >= 0.3 is 0 Å². The van der Waals surface area contributed by atoms with Crippen LogP contribution in [0.1, 0.15) is 16.5 Å². The number of benzene rings is 2. The zero-order valence-corrected chi connectivity index (χ0v) is 12.7. The Hall–Kier alpha value is -2.34. The van der Waals surface area contributed by atoms with Gasteiger partial charge in [-0.25, -0.2) is 0 Å². The maximum atomic E-state index is 12.2. The van der Waals surface area contributed by atoms with Crippen molar-refractivity contribution in [3.63, 3.8) is 0 Å². The van der Waals surface area contributed by atoms with Gasteiger partial charge in [0.2, 0.25) is 5.91 Å². The number of rotatable bonds is 3. The van der Waals surface area contributed by atoms with Gasteiger partial charge in [-0.1, -0.05) is 17.7 Å². The number of anilines is 1. The zero-order valence-electron chi connectivity index (χ0n) is 11.9. The van der Waals surface area contributed by atoms with E-state index in [-0.39, 0.29) is 17.0 Å². The van der Waals surface area contributed by atoms with E-state index in [4.69, 9.17) is 0 Å². The number of nitro groups is 1. The zero-order chi connectivity index (χ0) is 15.7. The van der Waals surface area contributed by atoms with Gasteiger partial charge in [-0.15, -0.1) is 11.8 Å². The Balaban J connectivity index is 1.93. The minimum atomic E-state index is -0.422. The highest BCUT2D eigenvalue weighted by Crippen LogP contribution is 2.41. The molecule has 0 unspecified atom stereocenters. The summed E-state index contributed by atoms with van der Waals surface area (Å²) in [4.78, 5) is 24.3. The Bertz CT molecular complexity index is 713. The maximum Gasteiger partial charge on any atom is 0.269 e. The van der Waals surface area contributed by atoms with Crippen molar-refractivity contribution in [3.8, 4) is 0 Å². The summed E-state index contributed by atoms with van der Waals surface area (Å²) in [5.41, 5.74) is 2.93. The summed E-state index contributed by atoms with van der Waals surface area (Å²) in [6, 6.07) is 14.2. The van der Waals surface area contributed by atoms with Gasteiger partial charge in [0, 0.05) is 17.8 Å². The van der Waals surface area contributed by atoms with E-state index in [2.05, 4.69) is 0 Å². The van der Waals surface area contributed by atoms with E-state index >= 15 is 0 Å². The first kappa shape index (κ1) is 14.6. The molecule has 1 aliphatic rings. The Labute approximate surface area is 132 Å². The first-order valence-corrected chi connectivity index (χ1v) is 7.86. The van der Waals surface area contributed by atoms with Gasteiger partial charge in [-0.2, -0.15) is 0 Å². The number of nitrogens with zero attached hydrogens (tertiary/aromatic N) is 2. The molecule has 0 spiro atoms. The van der Waals surface area contributed by atoms with Crippen molar-refractivity contribution in [2.75, 3.05) is 10.7 Å². The molecule has 2 aromatic carbocycles. The molecule has 6 heteroatoms. The van der Waals surface area contributed by atoms with Crippen molar-refractivity contribution in [2.24, 2.45) is 0 Å². The van der Waals surface area contributed by atoms with Gasteiger partial charge in [0.25, 0.3) is 5.69 Å². The molecule has 3 rings (SSSR count). The van der Waals surface area contributed by atoms with E-state index in [1.54, 1.807) is 17.0 Å². The second kappa shape index (κ2) is 5.81. The molecule has 2 aromatic rings. The number of hydrogen-bond donors (Lipinski definition) is 0. The van der Waals surface area contributed by atoms with Crippen LogP contribution in [0.25, 0.3) is 0 Å². The van der Waals surface area contributed by atoms with Gasteiger partial charge in [0.1, 0.15) is 5.37 Å². The molecule has 0 saturated carbocycles. The van der Waals surface area contributed by atoms with Gasteiger partial charge in [-0.3, -0.25) is 19.8 Å². The van der Waals surface area contributed by atoms with Crippen molar-refractivity contribution in [3.05, 3.63) is 69.8 Å². The molecular weight excluding hydrogens is 300 g/mol. The van der Waals surface area contributed by atoms with Crippen LogP contribution in [-0.4, -0.2) is 16.6 Å². The number of carbonyl (C=O) groups is 1. The highest BCUT2D eigenvalue weighted by atomic mass is 32.2. The second-order valence-corrected chi connectivity index (χ2v) is 6.18. The lowest BCUT2D eigenvalue weighted by molar-refractivity contribution is -0.384. The third kappa shape index (κ3) is 2.69. The monoisotopic (exact) mass is 314 g/mol. The first-order chi connectivity index (χ1) is 10.6. The number of nitro benzene ring substituents is 1. The Morgan fingerprint density at radius 1 is 1.14 bits per heavy atom. The summed E-state index contributed by atoms with van der Waals surface area (Å²) in [6.45, 7) is 2.00. The highest BCUT2D eigenvalue weighted by molar-refractivity contribution is 8.00. The van der Waals surface area contributed by atoms with E-state index in [1.807, 2.05) is 31.2 Å². The number of amides is 1. The smallest absolute Gasteiger partial charge is 0.269 e. The normalized spacial score (nSPS) is 17.8. The van der Waals surface area contributed by atoms with E-state index in [0.29, 0.717) is 5.75 Å². The van der Waals surface area contributed by atoms with E-state index < -0.39 is 4.92 Å². The van der Waals surface area contributed by atoms with Crippen LogP contribution in [0.15, 0.2) is 48.5 Å². The number of aryl methyl sites for hydroxylation is 1. The molecule has 1 amide bonds. The first-order valence-electron chi connectivity index (χ1n) is 6.81. The summed E-state index contributed by atoms with van der Waals surface area (Å²) in [6.07, 6.45) is 0. The summed E-state index contributed by atoms with van der Waals surface area (Å²) >= 11 is 1.53. The molecule has 1 atom stereocenters. The van der Waals surface area contributed by atoms with E-state index in [1.165, 1.54) is 23.9 Å². The Morgan fingerprint density at radius 3 is 2.36 bits per heavy atom. The van der Waals surface area contributed by atoms with Crippen molar-refractivity contribution in [2.45, 2.75) is 12.3 Å². The quantitative estimate of drug-likeness (QED) is 0.640. The predicted octanol–water partition coefficient (Wildman–Crippen LogP) is 3.68. The summed E-state index contributed by atoms with van der Waals surface area (Å²) < 4.78 is 0. The molecular formula is C16H14N2O3S. The Kier molecular flexibility index (Phi) is 3.85. The lowest BCUT2D eigenvalue weighted by Crippen LogP contribution is -2.27. The van der Waals surface area contributed by atoms with Gasteiger partial charge in [0.05, 0.1) is 10.7 Å². The highest BCUT2D eigenvalue weighted by Gasteiger charge is 2.34. The molecule has 1 saturated heterocycles. The van der Waals surface area contributed by atoms with Crippen molar-refractivity contribution in [1.29, 1.82) is 0 Å². The van der Waals surface area contributed by atoms with Gasteiger partial charge in [-0.05, 0) is 36.8 Å². The molecule has 0 bridgehead atoms. The molecule has 0 N–H and O–H groups in total. The third-order valence-electron chi connectivity index (χ3n) is 3.57. The summed E-state index contributed by atoms with van der Waals surface area (Å²) in [5, 5.41) is 10.6. The third-order valence-corrected chi connectivity index (χ3v) is 4.78. The van der Waals surface area contributed by atoms with Crippen molar-refractivity contribution < 1.29 is 9.72 Å². The van der Waals surface area contributed by atoms with Crippen LogP contribution in [0.2, 0.25) is 0 Å². The molecule has 22 heavy (non-hydrogen) atoms. The molecule has 5 nitrogen and oxygen atoms in total. The fourth-order valence-electron chi connectivity index (χ4n) is 2.42. The maximum absolute atomic E-state index is 12.2. The minimum Gasteiger partial charge on any atom is -0.295 e. The van der Waals surface area contributed by atoms with Crippen LogP contribution in [0.3, 0.4) is 0 Å². The Morgan fingerprint density at radius 2 is 1.77 bits per heavy atom. The second-order valence-electron chi connectivity index (χ2n) is 5.11.